The number of benzene rings is 1. The minimum atomic E-state index is 0. The van der Waals surface area contributed by atoms with E-state index < -0.39 is 0 Å². The van der Waals surface area contributed by atoms with E-state index in [1.165, 1.54) is 29.5 Å². The minimum absolute atomic E-state index is 0. The van der Waals surface area contributed by atoms with Crippen LogP contribution < -0.4 is 0 Å². The van der Waals surface area contributed by atoms with E-state index in [9.17, 15) is 5.11 Å². The van der Waals surface area contributed by atoms with Crippen molar-refractivity contribution in [2.75, 3.05) is 13.6 Å². The molecule has 0 spiro atoms. The summed E-state index contributed by atoms with van der Waals surface area (Å²) >= 11 is 1.79. The van der Waals surface area contributed by atoms with E-state index in [0.29, 0.717) is 11.8 Å². The molecule has 1 atom stereocenters. The van der Waals surface area contributed by atoms with Crippen LogP contribution in [0.25, 0.3) is 0 Å². The summed E-state index contributed by atoms with van der Waals surface area (Å²) in [5.41, 5.74) is 5.52. The standard InChI is InChI=1S/C18H21NOS.BrH/c1-12-9-13-3-7-19(2)17(15(13)10-16(12)20)18(5-6-18)14-4-8-21-11-14;/h4,8-11,17,20H,3,5-7H2,1-2H3;1H. The number of halogens is 1. The number of aryl methyl sites for hydroxylation is 1. The highest BCUT2D eigenvalue weighted by Crippen LogP contribution is 2.60. The highest BCUT2D eigenvalue weighted by Gasteiger charge is 2.54. The first kappa shape index (κ1) is 16.0. The first-order chi connectivity index (χ1) is 10.1. The molecule has 1 unspecified atom stereocenters. The SMILES string of the molecule is Br.Cc1cc2c(cc1O)C(C1(c3ccsc3)CC1)N(C)CC2. The number of hydrogen-bond donors (Lipinski definition) is 1. The Balaban J connectivity index is 0.00000144. The molecule has 0 saturated heterocycles. The molecule has 2 nitrogen and oxygen atoms in total. The van der Waals surface area contributed by atoms with Gasteiger partial charge in [-0.25, -0.2) is 0 Å². The lowest BCUT2D eigenvalue weighted by Crippen LogP contribution is -2.39. The average molecular weight is 380 g/mol. The van der Waals surface area contributed by atoms with Gasteiger partial charge in [-0.05, 0) is 78.4 Å². The molecule has 1 aromatic heterocycles. The zero-order valence-electron chi connectivity index (χ0n) is 13.0. The van der Waals surface area contributed by atoms with Crippen molar-refractivity contribution in [2.24, 2.45) is 0 Å². The molecule has 2 heterocycles. The van der Waals surface area contributed by atoms with Crippen molar-refractivity contribution in [3.8, 4) is 5.75 Å². The summed E-state index contributed by atoms with van der Waals surface area (Å²) in [6, 6.07) is 6.90. The lowest BCUT2D eigenvalue weighted by Gasteiger charge is -2.40. The molecule has 118 valence electrons. The monoisotopic (exact) mass is 379 g/mol. The molecule has 1 saturated carbocycles. The fourth-order valence-corrected chi connectivity index (χ4v) is 4.79. The smallest absolute Gasteiger partial charge is 0.118 e. The maximum atomic E-state index is 10.2. The molecule has 0 bridgehead atoms. The number of likely N-dealkylation sites (N-methyl/N-ethyl adjacent to an activating group) is 1. The van der Waals surface area contributed by atoms with Gasteiger partial charge in [0.2, 0.25) is 0 Å². The van der Waals surface area contributed by atoms with Crippen molar-refractivity contribution in [3.63, 3.8) is 0 Å². The number of phenolic OH excluding ortho intramolecular Hbond substituents is 1. The van der Waals surface area contributed by atoms with E-state index in [1.54, 1.807) is 11.3 Å². The van der Waals surface area contributed by atoms with Gasteiger partial charge in [0.05, 0.1) is 0 Å². The molecule has 1 fully saturated rings. The molecule has 0 radical (unpaired) electrons. The summed E-state index contributed by atoms with van der Waals surface area (Å²) in [5, 5.41) is 14.7. The van der Waals surface area contributed by atoms with Gasteiger partial charge in [0.25, 0.3) is 0 Å². The van der Waals surface area contributed by atoms with E-state index in [2.05, 4.69) is 34.8 Å². The predicted molar refractivity (Wildman–Crippen MR) is 97.5 cm³/mol. The third-order valence-corrected chi connectivity index (χ3v) is 6.02. The normalized spacial score (nSPS) is 22.7. The molecular formula is C18H22BrNOS. The molecular weight excluding hydrogens is 358 g/mol. The molecule has 0 amide bonds. The van der Waals surface area contributed by atoms with Gasteiger partial charge in [0.15, 0.2) is 0 Å². The lowest BCUT2D eigenvalue weighted by atomic mass is 9.79. The maximum absolute atomic E-state index is 10.2. The van der Waals surface area contributed by atoms with Crippen LogP contribution in [-0.4, -0.2) is 23.6 Å². The summed E-state index contributed by atoms with van der Waals surface area (Å²) in [4.78, 5) is 2.49. The molecule has 2 aromatic rings. The fraction of sp³-hybridized carbons (Fsp3) is 0.444. The number of fused-ring (bicyclic) bond motifs is 1. The summed E-state index contributed by atoms with van der Waals surface area (Å²) in [6.45, 7) is 3.10. The zero-order valence-corrected chi connectivity index (χ0v) is 15.5. The number of hydrogen-bond acceptors (Lipinski definition) is 3. The van der Waals surface area contributed by atoms with Crippen LogP contribution >= 0.6 is 28.3 Å². The lowest BCUT2D eigenvalue weighted by molar-refractivity contribution is 0.187. The van der Waals surface area contributed by atoms with Gasteiger partial charge < -0.3 is 5.11 Å². The van der Waals surface area contributed by atoms with Crippen LogP contribution in [0, 0.1) is 6.92 Å². The second-order valence-electron chi connectivity index (χ2n) is 6.64. The fourth-order valence-electron chi connectivity index (χ4n) is 4.03. The van der Waals surface area contributed by atoms with Crippen LogP contribution in [0.15, 0.2) is 29.0 Å². The topological polar surface area (TPSA) is 23.5 Å². The molecule has 1 aliphatic carbocycles. The van der Waals surface area contributed by atoms with Gasteiger partial charge >= 0.3 is 0 Å². The summed E-state index contributed by atoms with van der Waals surface area (Å²) in [5.74, 6) is 0.440. The van der Waals surface area contributed by atoms with E-state index in [1.807, 2.05) is 13.0 Å². The Kier molecular flexibility index (Phi) is 4.12. The highest BCUT2D eigenvalue weighted by atomic mass is 79.9. The molecule has 2 aliphatic rings. The highest BCUT2D eigenvalue weighted by molar-refractivity contribution is 8.93. The van der Waals surface area contributed by atoms with Crippen molar-refractivity contribution in [3.05, 3.63) is 51.2 Å². The summed E-state index contributed by atoms with van der Waals surface area (Å²) in [7, 11) is 2.23. The van der Waals surface area contributed by atoms with Crippen molar-refractivity contribution in [2.45, 2.75) is 37.6 Å². The summed E-state index contributed by atoms with van der Waals surface area (Å²) in [6.07, 6.45) is 3.60. The number of rotatable bonds is 2. The Morgan fingerprint density at radius 1 is 1.32 bits per heavy atom. The maximum Gasteiger partial charge on any atom is 0.118 e. The number of phenols is 1. The summed E-state index contributed by atoms with van der Waals surface area (Å²) < 4.78 is 0. The first-order valence-corrected chi connectivity index (χ1v) is 8.61. The molecule has 1 aliphatic heterocycles. The number of aromatic hydroxyl groups is 1. The molecule has 1 aromatic carbocycles. The second-order valence-corrected chi connectivity index (χ2v) is 7.42. The Morgan fingerprint density at radius 2 is 2.09 bits per heavy atom. The minimum Gasteiger partial charge on any atom is -0.508 e. The quantitative estimate of drug-likeness (QED) is 0.823. The Bertz CT molecular complexity index is 679. The zero-order chi connectivity index (χ0) is 14.6. The largest absolute Gasteiger partial charge is 0.508 e. The average Bonchev–Trinajstić information content (AvgIpc) is 3.06. The van der Waals surface area contributed by atoms with Gasteiger partial charge in [-0.3, -0.25) is 4.90 Å². The van der Waals surface area contributed by atoms with Gasteiger partial charge in [-0.2, -0.15) is 11.3 Å². The van der Waals surface area contributed by atoms with E-state index in [-0.39, 0.29) is 22.4 Å². The number of thiophene rings is 1. The van der Waals surface area contributed by atoms with Gasteiger partial charge in [-0.15, -0.1) is 17.0 Å². The van der Waals surface area contributed by atoms with Crippen LogP contribution in [0.5, 0.6) is 5.75 Å². The van der Waals surface area contributed by atoms with Crippen molar-refractivity contribution in [1.29, 1.82) is 0 Å². The molecule has 4 rings (SSSR count). The van der Waals surface area contributed by atoms with Gasteiger partial charge in [0.1, 0.15) is 5.75 Å². The van der Waals surface area contributed by atoms with Crippen LogP contribution in [0.1, 0.15) is 41.1 Å². The predicted octanol–water partition coefficient (Wildman–Crippen LogP) is 4.60. The van der Waals surface area contributed by atoms with Crippen LogP contribution in [-0.2, 0) is 11.8 Å². The van der Waals surface area contributed by atoms with Crippen LogP contribution in [0.2, 0.25) is 0 Å². The van der Waals surface area contributed by atoms with Crippen molar-refractivity contribution in [1.82, 2.24) is 4.90 Å². The van der Waals surface area contributed by atoms with Crippen molar-refractivity contribution >= 4 is 28.3 Å². The molecule has 4 heteroatoms. The molecule has 22 heavy (non-hydrogen) atoms. The van der Waals surface area contributed by atoms with Gasteiger partial charge in [-0.1, -0.05) is 6.07 Å². The number of nitrogens with zero attached hydrogens (tertiary/aromatic N) is 1. The molecule has 1 N–H and O–H groups in total. The Morgan fingerprint density at radius 3 is 2.73 bits per heavy atom. The third kappa shape index (κ3) is 2.32. The van der Waals surface area contributed by atoms with E-state index in [4.69, 9.17) is 0 Å². The van der Waals surface area contributed by atoms with Crippen LogP contribution in [0.3, 0.4) is 0 Å². The Labute approximate surface area is 146 Å². The van der Waals surface area contributed by atoms with Gasteiger partial charge in [0, 0.05) is 18.0 Å². The van der Waals surface area contributed by atoms with Crippen LogP contribution in [0.4, 0.5) is 0 Å². The van der Waals surface area contributed by atoms with E-state index in [0.717, 1.165) is 18.5 Å². The third-order valence-electron chi connectivity index (χ3n) is 5.34. The second kappa shape index (κ2) is 5.66. The first-order valence-electron chi connectivity index (χ1n) is 7.67. The van der Waals surface area contributed by atoms with E-state index >= 15 is 0 Å². The van der Waals surface area contributed by atoms with Crippen molar-refractivity contribution < 1.29 is 5.11 Å². The Hall–Kier alpha value is -0.840.